The minimum Gasteiger partial charge on any atom is -0.443 e. The molecule has 2 rings (SSSR count). The van der Waals surface area contributed by atoms with E-state index in [-0.39, 0.29) is 0 Å². The molecular weight excluding hydrogens is 310 g/mol. The average molecular weight is 317 g/mol. The fraction of sp³-hybridized carbons (Fsp3) is 0.100. The van der Waals surface area contributed by atoms with Gasteiger partial charge in [0.05, 0.1) is 5.69 Å². The fourth-order valence-electron chi connectivity index (χ4n) is 1.20. The fourth-order valence-corrected chi connectivity index (χ4v) is 1.86. The van der Waals surface area contributed by atoms with Crippen molar-refractivity contribution in [3.05, 3.63) is 40.8 Å². The van der Waals surface area contributed by atoms with Crippen LogP contribution in [0.3, 0.4) is 0 Å². The minimum atomic E-state index is 0.703. The lowest BCUT2D eigenvalue weighted by Crippen LogP contribution is -1.81. The normalized spacial score (nSPS) is 10.4. The van der Waals surface area contributed by atoms with Crippen LogP contribution in [0.25, 0.3) is 11.3 Å². The van der Waals surface area contributed by atoms with Gasteiger partial charge >= 0.3 is 0 Å². The first-order chi connectivity index (χ1) is 6.81. The molecule has 0 bridgehead atoms. The summed E-state index contributed by atoms with van der Waals surface area (Å²) in [6, 6.07) is 7.96. The van der Waals surface area contributed by atoms with Crippen molar-refractivity contribution < 1.29 is 4.42 Å². The number of nitrogens with zero attached hydrogens (tertiary/aromatic N) is 1. The molecule has 0 aliphatic carbocycles. The third-order valence-electron chi connectivity index (χ3n) is 1.87. The maximum Gasteiger partial charge on any atom is 0.181 e. The second-order valence-electron chi connectivity index (χ2n) is 2.77. The summed E-state index contributed by atoms with van der Waals surface area (Å²) in [5, 5.41) is 0.703. The molecule has 0 spiro atoms. The Bertz CT molecular complexity index is 422. The smallest absolute Gasteiger partial charge is 0.181 e. The van der Waals surface area contributed by atoms with Crippen LogP contribution in [0.2, 0.25) is 0 Å². The van der Waals surface area contributed by atoms with Crippen molar-refractivity contribution in [2.75, 3.05) is 0 Å². The molecule has 0 N–H and O–H groups in total. The Kier molecular flexibility index (Phi) is 3.03. The quantitative estimate of drug-likeness (QED) is 0.783. The summed E-state index contributed by atoms with van der Waals surface area (Å²) < 4.78 is 6.38. The van der Waals surface area contributed by atoms with Crippen LogP contribution in [-0.2, 0) is 5.33 Å². The van der Waals surface area contributed by atoms with Crippen LogP contribution in [0.15, 0.2) is 39.5 Å². The number of alkyl halides is 1. The molecule has 0 saturated carbocycles. The highest BCUT2D eigenvalue weighted by Crippen LogP contribution is 2.25. The summed E-state index contributed by atoms with van der Waals surface area (Å²) in [5.74, 6) is 0.828. The molecule has 2 nitrogen and oxygen atoms in total. The molecule has 14 heavy (non-hydrogen) atoms. The number of benzene rings is 1. The second-order valence-corrected chi connectivity index (χ2v) is 4.25. The molecule has 72 valence electrons. The van der Waals surface area contributed by atoms with Crippen molar-refractivity contribution in [2.24, 2.45) is 0 Å². The van der Waals surface area contributed by atoms with E-state index in [0.29, 0.717) is 5.33 Å². The number of aromatic nitrogens is 1. The summed E-state index contributed by atoms with van der Waals surface area (Å²) in [5.41, 5.74) is 1.97. The minimum absolute atomic E-state index is 0.703. The van der Waals surface area contributed by atoms with E-state index in [4.69, 9.17) is 4.42 Å². The van der Waals surface area contributed by atoms with Gasteiger partial charge in [-0.1, -0.05) is 44.0 Å². The Morgan fingerprint density at radius 3 is 2.57 bits per heavy atom. The van der Waals surface area contributed by atoms with Gasteiger partial charge in [0, 0.05) is 15.4 Å². The monoisotopic (exact) mass is 315 g/mol. The summed E-state index contributed by atoms with van der Waals surface area (Å²) >= 11 is 6.76. The highest BCUT2D eigenvalue weighted by Gasteiger charge is 2.08. The third kappa shape index (κ3) is 1.91. The van der Waals surface area contributed by atoms with E-state index >= 15 is 0 Å². The Morgan fingerprint density at radius 1 is 1.21 bits per heavy atom. The summed E-state index contributed by atoms with van der Waals surface area (Å²) in [7, 11) is 0. The van der Waals surface area contributed by atoms with Gasteiger partial charge in [-0.05, 0) is 12.1 Å². The summed E-state index contributed by atoms with van der Waals surface area (Å²) in [4.78, 5) is 4.11. The maximum atomic E-state index is 5.33. The first-order valence-corrected chi connectivity index (χ1v) is 5.97. The third-order valence-corrected chi connectivity index (χ3v) is 2.93. The first-order valence-electron chi connectivity index (χ1n) is 4.05. The highest BCUT2D eigenvalue weighted by atomic mass is 79.9. The highest BCUT2D eigenvalue weighted by molar-refractivity contribution is 9.10. The second kappa shape index (κ2) is 4.28. The molecule has 0 atom stereocenters. The van der Waals surface area contributed by atoms with E-state index in [9.17, 15) is 0 Å². The van der Waals surface area contributed by atoms with Crippen molar-refractivity contribution >= 4 is 31.9 Å². The molecule has 1 aromatic heterocycles. The lowest BCUT2D eigenvalue weighted by Gasteiger charge is -1.98. The van der Waals surface area contributed by atoms with Crippen LogP contribution < -0.4 is 0 Å². The molecule has 4 heteroatoms. The molecule has 0 radical (unpaired) electrons. The van der Waals surface area contributed by atoms with Gasteiger partial charge in [-0.15, -0.1) is 0 Å². The van der Waals surface area contributed by atoms with Crippen molar-refractivity contribution in [3.8, 4) is 11.3 Å². The zero-order chi connectivity index (χ0) is 9.97. The predicted molar refractivity (Wildman–Crippen MR) is 62.3 cm³/mol. The Labute approximate surface area is 98.6 Å². The number of hydrogen-bond donors (Lipinski definition) is 0. The molecule has 1 heterocycles. The van der Waals surface area contributed by atoms with Crippen LogP contribution in [0.5, 0.6) is 0 Å². The van der Waals surface area contributed by atoms with Crippen molar-refractivity contribution in [3.63, 3.8) is 0 Å². The van der Waals surface area contributed by atoms with Gasteiger partial charge in [-0.3, -0.25) is 0 Å². The molecule has 0 aliphatic heterocycles. The van der Waals surface area contributed by atoms with E-state index < -0.39 is 0 Å². The lowest BCUT2D eigenvalue weighted by molar-refractivity contribution is 0.571. The van der Waals surface area contributed by atoms with Gasteiger partial charge in [0.25, 0.3) is 0 Å². The van der Waals surface area contributed by atoms with E-state index in [1.54, 1.807) is 0 Å². The Morgan fingerprint density at radius 2 is 1.93 bits per heavy atom. The topological polar surface area (TPSA) is 26.0 Å². The zero-order valence-electron chi connectivity index (χ0n) is 7.21. The number of rotatable bonds is 2. The largest absolute Gasteiger partial charge is 0.443 e. The first kappa shape index (κ1) is 9.93. The van der Waals surface area contributed by atoms with E-state index in [1.165, 1.54) is 6.39 Å². The van der Waals surface area contributed by atoms with E-state index in [1.807, 2.05) is 24.3 Å². The van der Waals surface area contributed by atoms with Gasteiger partial charge in [-0.2, -0.15) is 0 Å². The van der Waals surface area contributed by atoms with Crippen molar-refractivity contribution in [1.82, 2.24) is 4.98 Å². The van der Waals surface area contributed by atoms with Crippen molar-refractivity contribution in [1.29, 1.82) is 0 Å². The van der Waals surface area contributed by atoms with Gasteiger partial charge in [0.15, 0.2) is 12.2 Å². The van der Waals surface area contributed by atoms with Crippen molar-refractivity contribution in [2.45, 2.75) is 5.33 Å². The van der Waals surface area contributed by atoms with E-state index in [0.717, 1.165) is 21.5 Å². The SMILES string of the molecule is BrCc1ncoc1-c1ccc(Br)cc1. The molecule has 0 saturated heterocycles. The Balaban J connectivity index is 2.44. The summed E-state index contributed by atoms with van der Waals surface area (Å²) in [6.45, 7) is 0. The van der Waals surface area contributed by atoms with Gasteiger partial charge in [-0.25, -0.2) is 4.98 Å². The number of oxazole rings is 1. The molecule has 0 unspecified atom stereocenters. The van der Waals surface area contributed by atoms with Gasteiger partial charge in [0.1, 0.15) is 0 Å². The van der Waals surface area contributed by atoms with Crippen LogP contribution in [0, 0.1) is 0 Å². The molecule has 0 aliphatic rings. The summed E-state index contributed by atoms with van der Waals surface area (Å²) in [6.07, 6.45) is 1.47. The molecule has 0 amide bonds. The number of hydrogen-bond acceptors (Lipinski definition) is 2. The molecular formula is C10H7Br2NO. The number of halogens is 2. The average Bonchev–Trinajstić information content (AvgIpc) is 2.67. The van der Waals surface area contributed by atoms with E-state index in [2.05, 4.69) is 36.8 Å². The standard InChI is InChI=1S/C10H7Br2NO/c11-5-9-10(14-6-13-9)7-1-3-8(12)4-2-7/h1-4,6H,5H2. The van der Waals surface area contributed by atoms with Crippen LogP contribution >= 0.6 is 31.9 Å². The predicted octanol–water partition coefficient (Wildman–Crippen LogP) is 4.00. The molecule has 1 aromatic carbocycles. The van der Waals surface area contributed by atoms with Gasteiger partial charge < -0.3 is 4.42 Å². The Hall–Kier alpha value is -0.610. The maximum absolute atomic E-state index is 5.33. The molecule has 0 fully saturated rings. The zero-order valence-corrected chi connectivity index (χ0v) is 10.4. The van der Waals surface area contributed by atoms with Crippen LogP contribution in [-0.4, -0.2) is 4.98 Å². The molecule has 2 aromatic rings. The van der Waals surface area contributed by atoms with Crippen LogP contribution in [0.1, 0.15) is 5.69 Å². The lowest BCUT2D eigenvalue weighted by atomic mass is 10.1. The van der Waals surface area contributed by atoms with Crippen LogP contribution in [0.4, 0.5) is 0 Å². The van der Waals surface area contributed by atoms with Gasteiger partial charge in [0.2, 0.25) is 0 Å².